The van der Waals surface area contributed by atoms with Gasteiger partial charge in [-0.2, -0.15) is 0 Å². The predicted molar refractivity (Wildman–Crippen MR) is 71.3 cm³/mol. The molecule has 0 amide bonds. The van der Waals surface area contributed by atoms with Crippen LogP contribution in [0.1, 0.15) is 11.1 Å². The first-order chi connectivity index (χ1) is 9.11. The van der Waals surface area contributed by atoms with Crippen molar-refractivity contribution < 1.29 is 20.1 Å². The lowest BCUT2D eigenvalue weighted by atomic mass is 9.87. The number of aliphatic hydroxyl groups is 3. The maximum Gasteiger partial charge on any atom is 0.123 e. The topological polar surface area (TPSA) is 82.0 Å². The minimum atomic E-state index is -0.750. The molecular formula is C14H21NO4. The van der Waals surface area contributed by atoms with E-state index in [1.807, 2.05) is 18.2 Å². The average molecular weight is 267 g/mol. The number of hydrogen-bond donors (Lipinski definition) is 4. The van der Waals surface area contributed by atoms with Crippen molar-refractivity contribution in [3.8, 4) is 5.75 Å². The molecule has 0 radical (unpaired) electrons. The first kappa shape index (κ1) is 14.3. The second kappa shape index (κ2) is 6.34. The summed E-state index contributed by atoms with van der Waals surface area (Å²) in [7, 11) is 1.77. The van der Waals surface area contributed by atoms with Gasteiger partial charge in [0.1, 0.15) is 18.5 Å². The molecule has 4 N–H and O–H groups in total. The Labute approximate surface area is 112 Å². The van der Waals surface area contributed by atoms with E-state index in [0.717, 1.165) is 11.1 Å². The molecule has 1 aliphatic rings. The van der Waals surface area contributed by atoms with E-state index in [4.69, 9.17) is 4.74 Å². The first-order valence-electron chi connectivity index (χ1n) is 6.54. The third-order valence-electron chi connectivity index (χ3n) is 3.39. The second-order valence-electron chi connectivity index (χ2n) is 4.96. The van der Waals surface area contributed by atoms with Gasteiger partial charge in [-0.25, -0.2) is 0 Å². The molecule has 106 valence electrons. The van der Waals surface area contributed by atoms with Gasteiger partial charge in [0.15, 0.2) is 0 Å². The summed E-state index contributed by atoms with van der Waals surface area (Å²) in [5, 5.41) is 31.9. The molecule has 0 bridgehead atoms. The summed E-state index contributed by atoms with van der Waals surface area (Å²) in [6, 6.07) is 5.62. The van der Waals surface area contributed by atoms with E-state index in [-0.39, 0.29) is 6.61 Å². The Morgan fingerprint density at radius 3 is 2.79 bits per heavy atom. The smallest absolute Gasteiger partial charge is 0.123 e. The largest absolute Gasteiger partial charge is 0.491 e. The summed E-state index contributed by atoms with van der Waals surface area (Å²) in [6.45, 7) is 0.673. The van der Waals surface area contributed by atoms with Gasteiger partial charge < -0.3 is 25.4 Å². The molecule has 1 aromatic carbocycles. The lowest BCUT2D eigenvalue weighted by molar-refractivity contribution is 0.0132. The summed E-state index contributed by atoms with van der Waals surface area (Å²) in [5.74, 6) is 0.679. The number of hydrogen-bond acceptors (Lipinski definition) is 5. The van der Waals surface area contributed by atoms with E-state index < -0.39 is 18.3 Å². The summed E-state index contributed by atoms with van der Waals surface area (Å²) >= 11 is 0. The molecule has 0 saturated heterocycles. The van der Waals surface area contributed by atoms with Gasteiger partial charge in [-0.3, -0.25) is 0 Å². The van der Waals surface area contributed by atoms with Crippen molar-refractivity contribution in [3.63, 3.8) is 0 Å². The highest BCUT2D eigenvalue weighted by Gasteiger charge is 2.27. The summed E-state index contributed by atoms with van der Waals surface area (Å²) in [5.41, 5.74) is 1.93. The van der Waals surface area contributed by atoms with Crippen molar-refractivity contribution in [1.82, 2.24) is 5.32 Å². The Bertz CT molecular complexity index is 424. The van der Waals surface area contributed by atoms with Gasteiger partial charge in [0, 0.05) is 24.9 Å². The van der Waals surface area contributed by atoms with Crippen LogP contribution in [0, 0.1) is 0 Å². The fourth-order valence-electron chi connectivity index (χ4n) is 2.36. The van der Waals surface area contributed by atoms with Gasteiger partial charge in [0.05, 0.1) is 12.2 Å². The molecule has 19 heavy (non-hydrogen) atoms. The molecule has 5 nitrogen and oxygen atoms in total. The van der Waals surface area contributed by atoms with Crippen LogP contribution in [-0.4, -0.2) is 53.8 Å². The quantitative estimate of drug-likeness (QED) is 0.576. The molecule has 5 heteroatoms. The van der Waals surface area contributed by atoms with Gasteiger partial charge in [0.25, 0.3) is 0 Å². The van der Waals surface area contributed by atoms with Crippen LogP contribution in [0.2, 0.25) is 0 Å². The lowest BCUT2D eigenvalue weighted by Gasteiger charge is -2.27. The molecule has 0 spiro atoms. The van der Waals surface area contributed by atoms with Crippen LogP contribution in [0.5, 0.6) is 5.75 Å². The van der Waals surface area contributed by atoms with E-state index in [2.05, 4.69) is 5.32 Å². The highest BCUT2D eigenvalue weighted by molar-refractivity contribution is 5.43. The molecule has 0 heterocycles. The number of likely N-dealkylation sites (N-methyl/N-ethyl adjacent to an activating group) is 1. The molecule has 0 aromatic heterocycles. The molecule has 3 unspecified atom stereocenters. The normalized spacial score (nSPS) is 23.8. The monoisotopic (exact) mass is 267 g/mol. The van der Waals surface area contributed by atoms with Gasteiger partial charge >= 0.3 is 0 Å². The van der Waals surface area contributed by atoms with E-state index in [1.54, 1.807) is 7.05 Å². The molecule has 0 aliphatic heterocycles. The molecular weight excluding hydrogens is 246 g/mol. The SMILES string of the molecule is CNCC(O)COc1cccc2c1CC(O)C(O)C2. The zero-order valence-electron chi connectivity index (χ0n) is 11.0. The Kier molecular flexibility index (Phi) is 4.76. The number of aliphatic hydroxyl groups excluding tert-OH is 3. The van der Waals surface area contributed by atoms with E-state index in [9.17, 15) is 15.3 Å². The Morgan fingerprint density at radius 1 is 1.32 bits per heavy atom. The van der Waals surface area contributed by atoms with Crippen LogP contribution >= 0.6 is 0 Å². The van der Waals surface area contributed by atoms with Crippen LogP contribution < -0.4 is 10.1 Å². The zero-order valence-corrected chi connectivity index (χ0v) is 11.0. The first-order valence-corrected chi connectivity index (χ1v) is 6.54. The van der Waals surface area contributed by atoms with Crippen LogP contribution in [0.4, 0.5) is 0 Å². The maximum atomic E-state index is 9.75. The van der Waals surface area contributed by atoms with Gasteiger partial charge in [-0.15, -0.1) is 0 Å². The number of rotatable bonds is 5. The average Bonchev–Trinajstić information content (AvgIpc) is 2.38. The lowest BCUT2D eigenvalue weighted by Crippen LogP contribution is -2.35. The fraction of sp³-hybridized carbons (Fsp3) is 0.571. The highest BCUT2D eigenvalue weighted by atomic mass is 16.5. The van der Waals surface area contributed by atoms with E-state index in [0.29, 0.717) is 25.1 Å². The molecule has 0 saturated carbocycles. The van der Waals surface area contributed by atoms with Crippen molar-refractivity contribution in [2.24, 2.45) is 0 Å². The van der Waals surface area contributed by atoms with Crippen LogP contribution in [0.3, 0.4) is 0 Å². The third kappa shape index (κ3) is 3.45. The third-order valence-corrected chi connectivity index (χ3v) is 3.39. The fourth-order valence-corrected chi connectivity index (χ4v) is 2.36. The van der Waals surface area contributed by atoms with Crippen molar-refractivity contribution in [1.29, 1.82) is 0 Å². The second-order valence-corrected chi connectivity index (χ2v) is 4.96. The van der Waals surface area contributed by atoms with Crippen molar-refractivity contribution in [3.05, 3.63) is 29.3 Å². The maximum absolute atomic E-state index is 9.75. The van der Waals surface area contributed by atoms with Crippen molar-refractivity contribution in [2.45, 2.75) is 31.2 Å². The Balaban J connectivity index is 2.08. The number of nitrogens with one attached hydrogen (secondary N) is 1. The standard InChI is InChI=1S/C14H21NO4/c1-15-7-10(16)8-19-14-4-2-3-9-5-12(17)13(18)6-11(9)14/h2-4,10,12-13,15-18H,5-8H2,1H3. The van der Waals surface area contributed by atoms with E-state index >= 15 is 0 Å². The molecule has 1 aliphatic carbocycles. The van der Waals surface area contributed by atoms with Crippen LogP contribution in [0.15, 0.2) is 18.2 Å². The van der Waals surface area contributed by atoms with E-state index in [1.165, 1.54) is 0 Å². The Hall–Kier alpha value is -1.14. The summed E-state index contributed by atoms with van der Waals surface area (Å²) < 4.78 is 5.62. The number of benzene rings is 1. The van der Waals surface area contributed by atoms with Crippen molar-refractivity contribution in [2.75, 3.05) is 20.2 Å². The molecule has 2 rings (SSSR count). The minimum absolute atomic E-state index is 0.204. The number of fused-ring (bicyclic) bond motifs is 1. The summed E-state index contributed by atoms with van der Waals surface area (Å²) in [6.07, 6.45) is -1.21. The zero-order chi connectivity index (χ0) is 13.8. The summed E-state index contributed by atoms with van der Waals surface area (Å²) in [4.78, 5) is 0. The predicted octanol–water partition coefficient (Wildman–Crippen LogP) is -0.534. The van der Waals surface area contributed by atoms with Crippen LogP contribution in [0.25, 0.3) is 0 Å². The molecule has 1 aromatic rings. The Morgan fingerprint density at radius 2 is 2.05 bits per heavy atom. The van der Waals surface area contributed by atoms with Gasteiger partial charge in [-0.1, -0.05) is 12.1 Å². The minimum Gasteiger partial charge on any atom is -0.491 e. The van der Waals surface area contributed by atoms with Crippen LogP contribution in [-0.2, 0) is 12.8 Å². The molecule has 3 atom stereocenters. The number of ether oxygens (including phenoxy) is 1. The highest BCUT2D eigenvalue weighted by Crippen LogP contribution is 2.30. The molecule has 0 fully saturated rings. The van der Waals surface area contributed by atoms with Crippen molar-refractivity contribution >= 4 is 0 Å². The van der Waals surface area contributed by atoms with Gasteiger partial charge in [0.2, 0.25) is 0 Å². The van der Waals surface area contributed by atoms with Gasteiger partial charge in [-0.05, 0) is 18.7 Å².